The van der Waals surface area contributed by atoms with Crippen LogP contribution in [0.25, 0.3) is 0 Å². The number of nitrogens with one attached hydrogen (secondary N) is 2. The summed E-state index contributed by atoms with van der Waals surface area (Å²) in [6, 6.07) is 10.3. The second kappa shape index (κ2) is 11.0. The maximum absolute atomic E-state index is 13.7. The highest BCUT2D eigenvalue weighted by molar-refractivity contribution is 6.00. The molecule has 0 unspecified atom stereocenters. The second-order valence-corrected chi connectivity index (χ2v) is 7.37. The molecular weight excluding hydrogens is 425 g/mol. The first-order valence-electron chi connectivity index (χ1n) is 10.2. The van der Waals surface area contributed by atoms with Crippen molar-refractivity contribution in [1.29, 1.82) is 0 Å². The van der Waals surface area contributed by atoms with Crippen molar-refractivity contribution in [2.45, 2.75) is 51.8 Å². The number of urea groups is 1. The molecule has 0 saturated carbocycles. The van der Waals surface area contributed by atoms with Crippen LogP contribution in [0.15, 0.2) is 42.5 Å². The fourth-order valence-electron chi connectivity index (χ4n) is 3.32. The van der Waals surface area contributed by atoms with Gasteiger partial charge in [0.25, 0.3) is 0 Å². The van der Waals surface area contributed by atoms with Crippen LogP contribution in [0.3, 0.4) is 0 Å². The van der Waals surface area contributed by atoms with Gasteiger partial charge in [-0.05, 0) is 49.9 Å². The van der Waals surface area contributed by atoms with Gasteiger partial charge in [-0.25, -0.2) is 4.79 Å². The number of benzene rings is 2. The average Bonchev–Trinajstić information content (AvgIpc) is 2.71. The number of amides is 2. The van der Waals surface area contributed by atoms with E-state index in [0.29, 0.717) is 17.7 Å². The molecule has 174 valence electrons. The largest absolute Gasteiger partial charge is 0.481 e. The molecule has 2 amide bonds. The minimum Gasteiger partial charge on any atom is -0.481 e. The van der Waals surface area contributed by atoms with Gasteiger partial charge in [0.1, 0.15) is 0 Å². The minimum absolute atomic E-state index is 0.0910. The molecule has 2 aromatic carbocycles. The summed E-state index contributed by atoms with van der Waals surface area (Å²) in [5.41, 5.74) is 1.63. The number of carbonyl (C=O) groups excluding carboxylic acids is 1. The van der Waals surface area contributed by atoms with E-state index in [1.807, 2.05) is 6.92 Å². The second-order valence-electron chi connectivity index (χ2n) is 7.37. The van der Waals surface area contributed by atoms with Crippen LogP contribution in [0.1, 0.15) is 55.4 Å². The highest BCUT2D eigenvalue weighted by Crippen LogP contribution is 2.40. The Hall–Kier alpha value is -3.07. The monoisotopic (exact) mass is 452 g/mol. The van der Waals surface area contributed by atoms with Crippen LogP contribution in [0, 0.1) is 6.92 Å². The highest BCUT2D eigenvalue weighted by Gasteiger charge is 2.43. The van der Waals surface area contributed by atoms with Crippen molar-refractivity contribution in [2.24, 2.45) is 0 Å². The number of halogens is 3. The smallest absolute Gasteiger partial charge is 0.418 e. The number of ether oxygens (including phenoxy) is 1. The van der Waals surface area contributed by atoms with E-state index >= 15 is 0 Å². The van der Waals surface area contributed by atoms with Gasteiger partial charge in [-0.1, -0.05) is 36.8 Å². The lowest BCUT2D eigenvalue weighted by atomic mass is 9.91. The Balaban J connectivity index is 2.43. The van der Waals surface area contributed by atoms with Crippen LogP contribution >= 0.6 is 0 Å². The Morgan fingerprint density at radius 3 is 2.25 bits per heavy atom. The SMILES string of the molecule is CCO[C@H](c1ccc([C@@H](CC)CC(=O)O)cc1NC(=O)Nc1ccc(C)cc1)C(F)(F)F. The van der Waals surface area contributed by atoms with Crippen molar-refractivity contribution in [2.75, 3.05) is 17.2 Å². The predicted molar refractivity (Wildman–Crippen MR) is 116 cm³/mol. The zero-order valence-electron chi connectivity index (χ0n) is 18.1. The Morgan fingerprint density at radius 1 is 1.06 bits per heavy atom. The van der Waals surface area contributed by atoms with E-state index in [2.05, 4.69) is 10.6 Å². The lowest BCUT2D eigenvalue weighted by molar-refractivity contribution is -0.222. The number of hydrogen-bond acceptors (Lipinski definition) is 3. The summed E-state index contributed by atoms with van der Waals surface area (Å²) in [6.45, 7) is 4.94. The summed E-state index contributed by atoms with van der Waals surface area (Å²) in [5.74, 6) is -1.44. The average molecular weight is 452 g/mol. The van der Waals surface area contributed by atoms with Crippen molar-refractivity contribution in [3.8, 4) is 0 Å². The van der Waals surface area contributed by atoms with E-state index in [1.165, 1.54) is 25.1 Å². The maximum atomic E-state index is 13.7. The molecule has 0 aromatic heterocycles. The fourth-order valence-corrected chi connectivity index (χ4v) is 3.32. The van der Waals surface area contributed by atoms with Gasteiger partial charge in [-0.3, -0.25) is 4.79 Å². The van der Waals surface area contributed by atoms with Gasteiger partial charge in [-0.15, -0.1) is 0 Å². The van der Waals surface area contributed by atoms with E-state index in [0.717, 1.165) is 5.56 Å². The topological polar surface area (TPSA) is 87.7 Å². The number of alkyl halides is 3. The van der Waals surface area contributed by atoms with E-state index in [-0.39, 0.29) is 24.3 Å². The first kappa shape index (κ1) is 25.2. The maximum Gasteiger partial charge on any atom is 0.418 e. The molecule has 2 aromatic rings. The third-order valence-electron chi connectivity index (χ3n) is 4.93. The van der Waals surface area contributed by atoms with Crippen molar-refractivity contribution in [1.82, 2.24) is 0 Å². The Kier molecular flexibility index (Phi) is 8.65. The first-order chi connectivity index (χ1) is 15.0. The van der Waals surface area contributed by atoms with E-state index in [1.54, 1.807) is 31.2 Å². The Labute approximate surface area is 184 Å². The van der Waals surface area contributed by atoms with E-state index in [4.69, 9.17) is 9.84 Å². The van der Waals surface area contributed by atoms with Crippen LogP contribution in [0.2, 0.25) is 0 Å². The quantitative estimate of drug-likeness (QED) is 0.420. The lowest BCUT2D eigenvalue weighted by Crippen LogP contribution is -2.27. The molecule has 0 bridgehead atoms. The molecule has 0 radical (unpaired) electrons. The van der Waals surface area contributed by atoms with Crippen LogP contribution < -0.4 is 10.6 Å². The number of aliphatic carboxylic acids is 1. The molecule has 0 heterocycles. The first-order valence-corrected chi connectivity index (χ1v) is 10.2. The van der Waals surface area contributed by atoms with Crippen LogP contribution in [0.4, 0.5) is 29.3 Å². The van der Waals surface area contributed by atoms with Crippen LogP contribution in [-0.2, 0) is 9.53 Å². The van der Waals surface area contributed by atoms with Gasteiger partial charge in [-0.2, -0.15) is 13.2 Å². The molecular formula is C23H27F3N2O4. The summed E-state index contributed by atoms with van der Waals surface area (Å²) in [5, 5.41) is 14.2. The summed E-state index contributed by atoms with van der Waals surface area (Å²) in [6.07, 6.45) is -6.66. The normalized spacial score (nSPS) is 13.3. The molecule has 9 heteroatoms. The number of carboxylic acids is 1. The minimum atomic E-state index is -4.70. The van der Waals surface area contributed by atoms with Crippen molar-refractivity contribution in [3.63, 3.8) is 0 Å². The number of aryl methyl sites for hydroxylation is 1. The Morgan fingerprint density at radius 2 is 1.72 bits per heavy atom. The highest BCUT2D eigenvalue weighted by atomic mass is 19.4. The van der Waals surface area contributed by atoms with Gasteiger partial charge >= 0.3 is 18.2 Å². The fraction of sp³-hybridized carbons (Fsp3) is 0.391. The molecule has 0 fully saturated rings. The molecule has 6 nitrogen and oxygen atoms in total. The molecule has 0 spiro atoms. The summed E-state index contributed by atoms with van der Waals surface area (Å²) >= 11 is 0. The number of carboxylic acid groups (broad SMARTS) is 1. The third kappa shape index (κ3) is 6.98. The zero-order valence-corrected chi connectivity index (χ0v) is 18.1. The van der Waals surface area contributed by atoms with Gasteiger partial charge in [0.15, 0.2) is 6.10 Å². The lowest BCUT2D eigenvalue weighted by Gasteiger charge is -2.25. The molecule has 2 atom stereocenters. The molecule has 2 rings (SSSR count). The van der Waals surface area contributed by atoms with Crippen LogP contribution in [-0.4, -0.2) is 29.9 Å². The summed E-state index contributed by atoms with van der Waals surface area (Å²) < 4.78 is 45.9. The molecule has 32 heavy (non-hydrogen) atoms. The standard InChI is InChI=1S/C23H27F3N2O4/c1-4-15(13-20(29)30)16-8-11-18(21(32-5-2)23(24,25)26)19(12-16)28-22(31)27-17-9-6-14(3)7-10-17/h6-12,15,21H,4-5,13H2,1-3H3,(H,29,30)(H2,27,28,31)/t15-,21+/m0/s1. The zero-order chi connectivity index (χ0) is 23.9. The molecule has 0 saturated heterocycles. The molecule has 0 aliphatic carbocycles. The van der Waals surface area contributed by atoms with Crippen molar-refractivity contribution < 1.29 is 32.6 Å². The predicted octanol–water partition coefficient (Wildman–Crippen LogP) is 6.25. The molecule has 0 aliphatic heterocycles. The van der Waals surface area contributed by atoms with Crippen molar-refractivity contribution in [3.05, 3.63) is 59.2 Å². The number of hydrogen-bond donors (Lipinski definition) is 3. The van der Waals surface area contributed by atoms with Crippen LogP contribution in [0.5, 0.6) is 0 Å². The van der Waals surface area contributed by atoms with E-state index in [9.17, 15) is 22.8 Å². The molecule has 0 aliphatic rings. The Bertz CT molecular complexity index is 930. The van der Waals surface area contributed by atoms with E-state index < -0.39 is 30.2 Å². The van der Waals surface area contributed by atoms with Gasteiger partial charge in [0.05, 0.1) is 6.42 Å². The number of anilines is 2. The summed E-state index contributed by atoms with van der Waals surface area (Å²) in [4.78, 5) is 23.7. The van der Waals surface area contributed by atoms with Gasteiger partial charge in [0.2, 0.25) is 0 Å². The van der Waals surface area contributed by atoms with Gasteiger partial charge < -0.3 is 20.5 Å². The number of carbonyl (C=O) groups is 2. The van der Waals surface area contributed by atoms with Gasteiger partial charge in [0, 0.05) is 23.5 Å². The molecule has 3 N–H and O–H groups in total. The van der Waals surface area contributed by atoms with Crippen molar-refractivity contribution >= 4 is 23.4 Å². The number of rotatable bonds is 9. The summed E-state index contributed by atoms with van der Waals surface area (Å²) in [7, 11) is 0. The third-order valence-corrected chi connectivity index (χ3v) is 4.93.